The van der Waals surface area contributed by atoms with Crippen LogP contribution in [-0.4, -0.2) is 6.54 Å². The fourth-order valence-electron chi connectivity index (χ4n) is 2.30. The van der Waals surface area contributed by atoms with Crippen LogP contribution >= 0.6 is 34.5 Å². The Balaban J connectivity index is 2.54. The minimum Gasteiger partial charge on any atom is -0.306 e. The van der Waals surface area contributed by atoms with Crippen molar-refractivity contribution in [2.45, 2.75) is 26.8 Å². The van der Waals surface area contributed by atoms with E-state index in [1.807, 2.05) is 18.2 Å². The van der Waals surface area contributed by atoms with E-state index < -0.39 is 0 Å². The molecule has 1 aromatic carbocycles. The van der Waals surface area contributed by atoms with Gasteiger partial charge < -0.3 is 5.32 Å². The highest BCUT2D eigenvalue weighted by atomic mass is 35.5. The Morgan fingerprint density at radius 3 is 2.32 bits per heavy atom. The van der Waals surface area contributed by atoms with Gasteiger partial charge in [-0.05, 0) is 44.2 Å². The lowest BCUT2D eigenvalue weighted by Crippen LogP contribution is -2.22. The SMILES string of the molecule is CCNC(c1cc(C)sc1C)c1c(Cl)cccc1Cl. The van der Waals surface area contributed by atoms with E-state index in [0.717, 1.165) is 12.1 Å². The summed E-state index contributed by atoms with van der Waals surface area (Å²) in [5.74, 6) is 0. The first-order valence-corrected chi connectivity index (χ1v) is 7.86. The number of rotatable bonds is 4. The fraction of sp³-hybridized carbons (Fsp3) is 0.333. The predicted molar refractivity (Wildman–Crippen MR) is 85.8 cm³/mol. The lowest BCUT2D eigenvalue weighted by atomic mass is 9.98. The highest BCUT2D eigenvalue weighted by Crippen LogP contribution is 2.37. The van der Waals surface area contributed by atoms with Crippen LogP contribution in [0.5, 0.6) is 0 Å². The summed E-state index contributed by atoms with van der Waals surface area (Å²) in [4.78, 5) is 2.61. The maximum atomic E-state index is 6.35. The van der Waals surface area contributed by atoms with E-state index in [-0.39, 0.29) is 6.04 Å². The van der Waals surface area contributed by atoms with Gasteiger partial charge in [-0.1, -0.05) is 36.2 Å². The molecule has 0 saturated heterocycles. The van der Waals surface area contributed by atoms with E-state index in [9.17, 15) is 0 Å². The summed E-state index contributed by atoms with van der Waals surface area (Å²) in [6.07, 6.45) is 0. The largest absolute Gasteiger partial charge is 0.306 e. The highest BCUT2D eigenvalue weighted by molar-refractivity contribution is 7.12. The monoisotopic (exact) mass is 313 g/mol. The minimum atomic E-state index is 0.0520. The summed E-state index contributed by atoms with van der Waals surface area (Å²) < 4.78 is 0. The molecule has 0 aliphatic heterocycles. The maximum Gasteiger partial charge on any atom is 0.0617 e. The van der Waals surface area contributed by atoms with Crippen molar-refractivity contribution in [2.24, 2.45) is 0 Å². The van der Waals surface area contributed by atoms with Gasteiger partial charge in [0.15, 0.2) is 0 Å². The number of hydrogen-bond donors (Lipinski definition) is 1. The molecule has 19 heavy (non-hydrogen) atoms. The number of aryl methyl sites for hydroxylation is 2. The second-order valence-electron chi connectivity index (χ2n) is 4.49. The molecule has 1 N–H and O–H groups in total. The molecule has 1 aromatic heterocycles. The zero-order chi connectivity index (χ0) is 14.0. The van der Waals surface area contributed by atoms with Crippen LogP contribution < -0.4 is 5.32 Å². The Morgan fingerprint density at radius 1 is 1.21 bits per heavy atom. The minimum absolute atomic E-state index is 0.0520. The zero-order valence-corrected chi connectivity index (χ0v) is 13.6. The van der Waals surface area contributed by atoms with Crippen molar-refractivity contribution in [1.82, 2.24) is 5.32 Å². The Hall–Kier alpha value is -0.540. The van der Waals surface area contributed by atoms with E-state index in [4.69, 9.17) is 23.2 Å². The zero-order valence-electron chi connectivity index (χ0n) is 11.3. The molecule has 2 aromatic rings. The molecule has 1 unspecified atom stereocenters. The van der Waals surface area contributed by atoms with Gasteiger partial charge in [0.05, 0.1) is 6.04 Å². The maximum absolute atomic E-state index is 6.35. The van der Waals surface area contributed by atoms with Crippen LogP contribution in [0, 0.1) is 13.8 Å². The smallest absolute Gasteiger partial charge is 0.0617 e. The van der Waals surface area contributed by atoms with Crippen molar-refractivity contribution in [1.29, 1.82) is 0 Å². The van der Waals surface area contributed by atoms with Gasteiger partial charge in [-0.3, -0.25) is 0 Å². The molecule has 1 atom stereocenters. The first-order chi connectivity index (χ1) is 9.04. The van der Waals surface area contributed by atoms with Crippen LogP contribution in [0.3, 0.4) is 0 Å². The Bertz CT molecular complexity index is 557. The molecule has 0 spiro atoms. The number of benzene rings is 1. The Morgan fingerprint density at radius 2 is 1.84 bits per heavy atom. The van der Waals surface area contributed by atoms with Crippen molar-refractivity contribution in [2.75, 3.05) is 6.54 Å². The summed E-state index contributed by atoms with van der Waals surface area (Å²) in [5.41, 5.74) is 2.23. The molecular weight excluding hydrogens is 297 g/mol. The van der Waals surface area contributed by atoms with Crippen LogP contribution in [0.2, 0.25) is 10.0 Å². The van der Waals surface area contributed by atoms with Gasteiger partial charge in [-0.15, -0.1) is 11.3 Å². The molecule has 0 aliphatic rings. The number of halogens is 2. The van der Waals surface area contributed by atoms with Crippen LogP contribution in [0.15, 0.2) is 24.3 Å². The van der Waals surface area contributed by atoms with Gasteiger partial charge in [0.2, 0.25) is 0 Å². The summed E-state index contributed by atoms with van der Waals surface area (Å²) in [5, 5.41) is 4.91. The molecule has 1 heterocycles. The summed E-state index contributed by atoms with van der Waals surface area (Å²) in [6.45, 7) is 7.22. The second-order valence-corrected chi connectivity index (χ2v) is 6.77. The van der Waals surface area contributed by atoms with Crippen LogP contribution in [-0.2, 0) is 0 Å². The molecule has 0 bridgehead atoms. The van der Waals surface area contributed by atoms with E-state index in [1.54, 1.807) is 11.3 Å². The molecule has 0 saturated carbocycles. The predicted octanol–water partition coefficient (Wildman–Crippen LogP) is 5.37. The van der Waals surface area contributed by atoms with Crippen molar-refractivity contribution >= 4 is 34.5 Å². The van der Waals surface area contributed by atoms with Gasteiger partial charge in [0, 0.05) is 25.4 Å². The lowest BCUT2D eigenvalue weighted by Gasteiger charge is -2.21. The standard InChI is InChI=1S/C15H17Cl2NS/c1-4-18-15(11-8-9(2)19-10(11)3)14-12(16)6-5-7-13(14)17/h5-8,15,18H,4H2,1-3H3. The molecule has 2 rings (SSSR count). The third-order valence-corrected chi connectivity index (χ3v) is 4.73. The van der Waals surface area contributed by atoms with E-state index in [2.05, 4.69) is 32.2 Å². The molecule has 0 radical (unpaired) electrons. The van der Waals surface area contributed by atoms with E-state index in [1.165, 1.54) is 15.3 Å². The average molecular weight is 314 g/mol. The number of thiophene rings is 1. The number of nitrogens with one attached hydrogen (secondary N) is 1. The molecule has 102 valence electrons. The fourth-order valence-corrected chi connectivity index (χ4v) is 3.87. The molecule has 4 heteroatoms. The molecule has 1 nitrogen and oxygen atoms in total. The highest BCUT2D eigenvalue weighted by Gasteiger charge is 2.21. The molecule has 0 fully saturated rings. The van der Waals surface area contributed by atoms with Crippen molar-refractivity contribution < 1.29 is 0 Å². The number of hydrogen-bond acceptors (Lipinski definition) is 2. The van der Waals surface area contributed by atoms with E-state index in [0.29, 0.717) is 10.0 Å². The second kappa shape index (κ2) is 6.27. The van der Waals surface area contributed by atoms with Gasteiger partial charge in [0.1, 0.15) is 0 Å². The van der Waals surface area contributed by atoms with Crippen LogP contribution in [0.1, 0.15) is 33.8 Å². The molecule has 0 amide bonds. The summed E-state index contributed by atoms with van der Waals surface area (Å²) >= 11 is 14.5. The van der Waals surface area contributed by atoms with Gasteiger partial charge in [0.25, 0.3) is 0 Å². The lowest BCUT2D eigenvalue weighted by molar-refractivity contribution is 0.630. The third kappa shape index (κ3) is 3.14. The summed E-state index contributed by atoms with van der Waals surface area (Å²) in [7, 11) is 0. The summed E-state index contributed by atoms with van der Waals surface area (Å²) in [6, 6.07) is 7.93. The van der Waals surface area contributed by atoms with Crippen molar-refractivity contribution in [3.63, 3.8) is 0 Å². The quantitative estimate of drug-likeness (QED) is 0.800. The topological polar surface area (TPSA) is 12.0 Å². The van der Waals surface area contributed by atoms with Crippen LogP contribution in [0.4, 0.5) is 0 Å². The van der Waals surface area contributed by atoms with Crippen molar-refractivity contribution in [3.05, 3.63) is 55.2 Å². The van der Waals surface area contributed by atoms with Crippen LogP contribution in [0.25, 0.3) is 0 Å². The van der Waals surface area contributed by atoms with Gasteiger partial charge >= 0.3 is 0 Å². The Labute approximate surface area is 128 Å². The molecule has 0 aliphatic carbocycles. The van der Waals surface area contributed by atoms with Gasteiger partial charge in [-0.25, -0.2) is 0 Å². The molecular formula is C15H17Cl2NS. The third-order valence-electron chi connectivity index (χ3n) is 3.09. The first kappa shape index (κ1) is 14.9. The van der Waals surface area contributed by atoms with Crippen molar-refractivity contribution in [3.8, 4) is 0 Å². The normalized spacial score (nSPS) is 12.7. The first-order valence-electron chi connectivity index (χ1n) is 6.28. The van der Waals surface area contributed by atoms with E-state index >= 15 is 0 Å². The average Bonchev–Trinajstić information content (AvgIpc) is 2.67. The van der Waals surface area contributed by atoms with Gasteiger partial charge in [-0.2, -0.15) is 0 Å². The Kier molecular flexibility index (Phi) is 4.91.